The fourth-order valence-electron chi connectivity index (χ4n) is 3.46. The lowest BCUT2D eigenvalue weighted by Gasteiger charge is -2.02. The predicted octanol–water partition coefficient (Wildman–Crippen LogP) is 3.36. The number of rotatable bonds is 6. The average molecular weight is 428 g/mol. The van der Waals surface area contributed by atoms with Crippen LogP contribution in [-0.2, 0) is 6.54 Å². The summed E-state index contributed by atoms with van der Waals surface area (Å²) in [7, 11) is 0. The molecule has 0 N–H and O–H groups in total. The van der Waals surface area contributed by atoms with Crippen molar-refractivity contribution in [2.75, 3.05) is 6.61 Å². The van der Waals surface area contributed by atoms with Crippen LogP contribution in [-0.4, -0.2) is 36.1 Å². The van der Waals surface area contributed by atoms with Gasteiger partial charge in [-0.3, -0.25) is 4.79 Å². The molecular formula is C23H20N6O3. The largest absolute Gasteiger partial charge is 0.494 e. The van der Waals surface area contributed by atoms with E-state index in [-0.39, 0.29) is 12.1 Å². The predicted molar refractivity (Wildman–Crippen MR) is 117 cm³/mol. The maximum Gasteiger partial charge on any atom is 0.293 e. The van der Waals surface area contributed by atoms with Gasteiger partial charge in [-0.2, -0.15) is 15.2 Å². The zero-order valence-corrected chi connectivity index (χ0v) is 17.6. The topological polar surface area (TPSA) is 100 Å². The highest BCUT2D eigenvalue weighted by molar-refractivity contribution is 5.66. The summed E-state index contributed by atoms with van der Waals surface area (Å²) in [5.74, 6) is 1.57. The normalized spacial score (nSPS) is 11.2. The molecule has 5 aromatic rings. The van der Waals surface area contributed by atoms with E-state index in [2.05, 4.69) is 20.3 Å². The number of hydrogen-bond acceptors (Lipinski definition) is 7. The van der Waals surface area contributed by atoms with E-state index in [1.165, 1.54) is 15.5 Å². The van der Waals surface area contributed by atoms with Crippen LogP contribution in [0.1, 0.15) is 18.4 Å². The summed E-state index contributed by atoms with van der Waals surface area (Å²) >= 11 is 0. The molecule has 160 valence electrons. The maximum atomic E-state index is 13.0. The van der Waals surface area contributed by atoms with E-state index < -0.39 is 0 Å². The molecule has 0 radical (unpaired) electrons. The molecule has 0 fully saturated rings. The van der Waals surface area contributed by atoms with Crippen molar-refractivity contribution < 1.29 is 9.26 Å². The molecular weight excluding hydrogens is 408 g/mol. The summed E-state index contributed by atoms with van der Waals surface area (Å²) in [6, 6.07) is 17.1. The van der Waals surface area contributed by atoms with Crippen LogP contribution in [0.3, 0.4) is 0 Å². The van der Waals surface area contributed by atoms with Crippen LogP contribution in [0.2, 0.25) is 0 Å². The van der Waals surface area contributed by atoms with Crippen molar-refractivity contribution in [1.29, 1.82) is 0 Å². The van der Waals surface area contributed by atoms with Crippen LogP contribution in [0.15, 0.2) is 70.2 Å². The van der Waals surface area contributed by atoms with Crippen LogP contribution in [0, 0.1) is 6.92 Å². The van der Waals surface area contributed by atoms with Gasteiger partial charge in [0.25, 0.3) is 5.56 Å². The fraction of sp³-hybridized carbons (Fsp3) is 0.174. The molecule has 32 heavy (non-hydrogen) atoms. The first-order chi connectivity index (χ1) is 15.6. The van der Waals surface area contributed by atoms with E-state index in [0.717, 1.165) is 22.4 Å². The average Bonchev–Trinajstić information content (AvgIpc) is 3.45. The van der Waals surface area contributed by atoms with Gasteiger partial charge in [0.15, 0.2) is 0 Å². The second-order valence-electron chi connectivity index (χ2n) is 7.24. The monoisotopic (exact) mass is 428 g/mol. The number of ether oxygens (including phenoxy) is 1. The first-order valence-electron chi connectivity index (χ1n) is 10.2. The zero-order chi connectivity index (χ0) is 22.1. The quantitative estimate of drug-likeness (QED) is 0.409. The van der Waals surface area contributed by atoms with Crippen LogP contribution < -0.4 is 10.3 Å². The summed E-state index contributed by atoms with van der Waals surface area (Å²) in [5, 5.41) is 12.7. The molecule has 0 amide bonds. The molecule has 0 atom stereocenters. The van der Waals surface area contributed by atoms with Crippen molar-refractivity contribution in [1.82, 2.24) is 29.5 Å². The Labute approximate surface area is 182 Å². The van der Waals surface area contributed by atoms with E-state index in [9.17, 15) is 4.79 Å². The van der Waals surface area contributed by atoms with Gasteiger partial charge in [-0.05, 0) is 49.7 Å². The molecule has 0 aliphatic carbocycles. The van der Waals surface area contributed by atoms with Crippen LogP contribution >= 0.6 is 0 Å². The van der Waals surface area contributed by atoms with Gasteiger partial charge in [0.1, 0.15) is 24.1 Å². The van der Waals surface area contributed by atoms with Gasteiger partial charge >= 0.3 is 0 Å². The van der Waals surface area contributed by atoms with Gasteiger partial charge in [0.05, 0.1) is 12.3 Å². The van der Waals surface area contributed by atoms with Crippen molar-refractivity contribution in [2.24, 2.45) is 0 Å². The Hall–Kier alpha value is -4.27. The van der Waals surface area contributed by atoms with Gasteiger partial charge in [-0.1, -0.05) is 29.4 Å². The van der Waals surface area contributed by atoms with E-state index in [1.54, 1.807) is 6.07 Å². The van der Waals surface area contributed by atoms with Crippen molar-refractivity contribution in [2.45, 2.75) is 20.4 Å². The zero-order valence-electron chi connectivity index (χ0n) is 17.6. The second kappa shape index (κ2) is 8.10. The lowest BCUT2D eigenvalue weighted by atomic mass is 10.1. The summed E-state index contributed by atoms with van der Waals surface area (Å²) < 4.78 is 13.6. The first kappa shape index (κ1) is 19.7. The second-order valence-corrected chi connectivity index (χ2v) is 7.24. The summed E-state index contributed by atoms with van der Waals surface area (Å²) in [5.41, 5.74) is 3.58. The summed E-state index contributed by atoms with van der Waals surface area (Å²) in [6.45, 7) is 4.59. The molecule has 0 bridgehead atoms. The van der Waals surface area contributed by atoms with E-state index in [1.807, 2.05) is 62.4 Å². The van der Waals surface area contributed by atoms with E-state index >= 15 is 0 Å². The van der Waals surface area contributed by atoms with E-state index in [0.29, 0.717) is 29.5 Å². The molecule has 3 aromatic heterocycles. The minimum Gasteiger partial charge on any atom is -0.494 e. The van der Waals surface area contributed by atoms with Gasteiger partial charge in [0, 0.05) is 11.1 Å². The molecule has 2 aromatic carbocycles. The summed E-state index contributed by atoms with van der Waals surface area (Å²) in [6.07, 6.45) is 1.49. The first-order valence-corrected chi connectivity index (χ1v) is 10.2. The molecule has 0 aliphatic heterocycles. The van der Waals surface area contributed by atoms with Crippen LogP contribution in [0.25, 0.3) is 28.2 Å². The highest BCUT2D eigenvalue weighted by Gasteiger charge is 2.14. The SMILES string of the molecule is CCOc1ccc(-c2cc3c(=O)n(Cc4nc(-c5ccccc5C)no4)ncn3n2)cc1. The molecule has 0 aliphatic rings. The Morgan fingerprint density at radius 2 is 1.91 bits per heavy atom. The van der Waals surface area contributed by atoms with Crippen LogP contribution in [0.5, 0.6) is 5.75 Å². The molecule has 0 saturated heterocycles. The van der Waals surface area contributed by atoms with Crippen molar-refractivity contribution in [3.8, 4) is 28.4 Å². The Morgan fingerprint density at radius 1 is 1.09 bits per heavy atom. The summed E-state index contributed by atoms with van der Waals surface area (Å²) in [4.78, 5) is 17.4. The standard InChI is InChI=1S/C23H20N6O3/c1-3-31-17-10-8-16(9-11-17)19-12-20-23(30)28(24-14-29(20)26-19)13-21-25-22(27-32-21)18-7-5-4-6-15(18)2/h4-12,14H,3,13H2,1-2H3. The maximum absolute atomic E-state index is 13.0. The van der Waals surface area contributed by atoms with E-state index in [4.69, 9.17) is 9.26 Å². The third-order valence-electron chi connectivity index (χ3n) is 5.09. The Balaban J connectivity index is 1.43. The molecule has 0 saturated carbocycles. The third kappa shape index (κ3) is 3.64. The highest BCUT2D eigenvalue weighted by atomic mass is 16.5. The Kier molecular flexibility index (Phi) is 4.98. The molecule has 5 rings (SSSR count). The number of aromatic nitrogens is 6. The molecule has 3 heterocycles. The number of fused-ring (bicyclic) bond motifs is 1. The smallest absolute Gasteiger partial charge is 0.293 e. The Bertz CT molecular complexity index is 1450. The number of nitrogens with zero attached hydrogens (tertiary/aromatic N) is 6. The lowest BCUT2D eigenvalue weighted by Crippen LogP contribution is -2.25. The van der Waals surface area contributed by atoms with Crippen molar-refractivity contribution >= 4 is 5.52 Å². The molecule has 9 heteroatoms. The fourth-order valence-corrected chi connectivity index (χ4v) is 3.46. The molecule has 0 spiro atoms. The van der Waals surface area contributed by atoms with Crippen LogP contribution in [0.4, 0.5) is 0 Å². The van der Waals surface area contributed by atoms with Crippen molar-refractivity contribution in [3.05, 3.63) is 82.7 Å². The van der Waals surface area contributed by atoms with Gasteiger partial charge in [-0.25, -0.2) is 9.20 Å². The van der Waals surface area contributed by atoms with Gasteiger partial charge in [-0.15, -0.1) is 0 Å². The van der Waals surface area contributed by atoms with Gasteiger partial charge < -0.3 is 9.26 Å². The number of hydrogen-bond donors (Lipinski definition) is 0. The Morgan fingerprint density at radius 3 is 2.69 bits per heavy atom. The number of aryl methyl sites for hydroxylation is 1. The highest BCUT2D eigenvalue weighted by Crippen LogP contribution is 2.22. The minimum absolute atomic E-state index is 0.0672. The lowest BCUT2D eigenvalue weighted by molar-refractivity contribution is 0.340. The number of benzene rings is 2. The third-order valence-corrected chi connectivity index (χ3v) is 5.09. The molecule has 9 nitrogen and oxygen atoms in total. The minimum atomic E-state index is -0.298. The van der Waals surface area contributed by atoms with Gasteiger partial charge in [0.2, 0.25) is 11.7 Å². The molecule has 0 unspecified atom stereocenters. The van der Waals surface area contributed by atoms with Crippen molar-refractivity contribution in [3.63, 3.8) is 0 Å².